The zero-order valence-electron chi connectivity index (χ0n) is 11.1. The minimum absolute atomic E-state index is 0.0148. The lowest BCUT2D eigenvalue weighted by atomic mass is 9.85. The molecule has 1 atom stereocenters. The fourth-order valence-electron chi connectivity index (χ4n) is 1.83. The van der Waals surface area contributed by atoms with E-state index in [1.807, 2.05) is 0 Å². The summed E-state index contributed by atoms with van der Waals surface area (Å²) < 4.78 is 18.7. The van der Waals surface area contributed by atoms with Gasteiger partial charge in [0.2, 0.25) is 5.91 Å². The zero-order valence-corrected chi connectivity index (χ0v) is 11.1. The molecular formula is C14H16FNO4. The van der Waals surface area contributed by atoms with E-state index in [4.69, 9.17) is 9.84 Å². The monoisotopic (exact) mass is 281 g/mol. The van der Waals surface area contributed by atoms with Crippen molar-refractivity contribution in [3.63, 3.8) is 0 Å². The van der Waals surface area contributed by atoms with Crippen molar-refractivity contribution in [1.82, 2.24) is 0 Å². The summed E-state index contributed by atoms with van der Waals surface area (Å²) in [5.74, 6) is -2.12. The van der Waals surface area contributed by atoms with Crippen molar-refractivity contribution in [2.24, 2.45) is 5.92 Å². The number of amides is 1. The number of carbonyl (C=O) groups excluding carboxylic acids is 1. The van der Waals surface area contributed by atoms with Gasteiger partial charge in [-0.05, 0) is 31.9 Å². The van der Waals surface area contributed by atoms with Crippen molar-refractivity contribution in [2.45, 2.75) is 32.3 Å². The number of carboxylic acid groups (broad SMARTS) is 1. The third-order valence-corrected chi connectivity index (χ3v) is 3.33. The van der Waals surface area contributed by atoms with Gasteiger partial charge in [-0.25, -0.2) is 9.18 Å². The van der Waals surface area contributed by atoms with Crippen molar-refractivity contribution in [3.05, 3.63) is 24.0 Å². The van der Waals surface area contributed by atoms with Crippen molar-refractivity contribution in [2.75, 3.05) is 5.32 Å². The summed E-state index contributed by atoms with van der Waals surface area (Å²) >= 11 is 0. The Morgan fingerprint density at radius 3 is 2.65 bits per heavy atom. The Hall–Kier alpha value is -2.11. The van der Waals surface area contributed by atoms with E-state index in [9.17, 15) is 14.0 Å². The van der Waals surface area contributed by atoms with E-state index in [0.29, 0.717) is 5.69 Å². The van der Waals surface area contributed by atoms with E-state index in [2.05, 4.69) is 5.32 Å². The van der Waals surface area contributed by atoms with Gasteiger partial charge in [0.25, 0.3) is 0 Å². The van der Waals surface area contributed by atoms with Gasteiger partial charge in [-0.1, -0.05) is 6.42 Å². The molecule has 0 bridgehead atoms. The Labute approximate surface area is 115 Å². The molecule has 1 amide bonds. The van der Waals surface area contributed by atoms with Crippen LogP contribution in [0.3, 0.4) is 0 Å². The predicted molar refractivity (Wildman–Crippen MR) is 70.1 cm³/mol. The minimum atomic E-state index is -1.17. The number of hydrogen-bond donors (Lipinski definition) is 2. The Bertz CT molecular complexity index is 528. The molecule has 5 nitrogen and oxygen atoms in total. The first-order chi connectivity index (χ1) is 9.47. The molecule has 1 saturated carbocycles. The van der Waals surface area contributed by atoms with Gasteiger partial charge >= 0.3 is 5.97 Å². The molecule has 2 rings (SSSR count). The molecule has 20 heavy (non-hydrogen) atoms. The van der Waals surface area contributed by atoms with Crippen LogP contribution in [-0.4, -0.2) is 23.1 Å². The highest BCUT2D eigenvalue weighted by Crippen LogP contribution is 2.28. The summed E-state index contributed by atoms with van der Waals surface area (Å²) in [7, 11) is 0. The fraction of sp³-hybridized carbons (Fsp3) is 0.429. The van der Waals surface area contributed by atoms with Gasteiger partial charge in [0, 0.05) is 17.7 Å². The van der Waals surface area contributed by atoms with E-state index >= 15 is 0 Å². The van der Waals surface area contributed by atoms with Crippen LogP contribution in [0.5, 0.6) is 5.75 Å². The smallest absolute Gasteiger partial charge is 0.344 e. The van der Waals surface area contributed by atoms with Crippen LogP contribution in [0.25, 0.3) is 0 Å². The van der Waals surface area contributed by atoms with Crippen LogP contribution in [0.2, 0.25) is 0 Å². The number of hydrogen-bond acceptors (Lipinski definition) is 3. The first-order valence-electron chi connectivity index (χ1n) is 6.47. The van der Waals surface area contributed by atoms with Crippen LogP contribution in [0, 0.1) is 11.7 Å². The summed E-state index contributed by atoms with van der Waals surface area (Å²) in [4.78, 5) is 22.4. The molecule has 0 aliphatic heterocycles. The third-order valence-electron chi connectivity index (χ3n) is 3.33. The maximum atomic E-state index is 13.8. The van der Waals surface area contributed by atoms with E-state index in [0.717, 1.165) is 25.3 Å². The number of carboxylic acids is 1. The first kappa shape index (κ1) is 14.3. The summed E-state index contributed by atoms with van der Waals surface area (Å²) in [6.07, 6.45) is 1.64. The average Bonchev–Trinajstić information content (AvgIpc) is 2.29. The zero-order chi connectivity index (χ0) is 14.7. The lowest BCUT2D eigenvalue weighted by Gasteiger charge is -2.24. The van der Waals surface area contributed by atoms with Gasteiger partial charge in [0.15, 0.2) is 17.7 Å². The Morgan fingerprint density at radius 1 is 1.45 bits per heavy atom. The fourth-order valence-corrected chi connectivity index (χ4v) is 1.83. The van der Waals surface area contributed by atoms with E-state index in [1.165, 1.54) is 19.1 Å². The molecule has 1 aliphatic rings. The van der Waals surface area contributed by atoms with E-state index < -0.39 is 17.9 Å². The van der Waals surface area contributed by atoms with Crippen molar-refractivity contribution >= 4 is 17.6 Å². The third kappa shape index (κ3) is 3.26. The van der Waals surface area contributed by atoms with Gasteiger partial charge < -0.3 is 15.2 Å². The lowest BCUT2D eigenvalue weighted by molar-refractivity contribution is -0.144. The van der Waals surface area contributed by atoms with Crippen LogP contribution < -0.4 is 10.1 Å². The molecule has 1 aliphatic carbocycles. The molecule has 2 N–H and O–H groups in total. The quantitative estimate of drug-likeness (QED) is 0.869. The molecule has 108 valence electrons. The summed E-state index contributed by atoms with van der Waals surface area (Å²) in [6.45, 7) is 1.31. The number of benzene rings is 1. The topological polar surface area (TPSA) is 75.6 Å². The number of anilines is 1. The molecule has 0 heterocycles. The predicted octanol–water partition coefficient (Wildman–Crippen LogP) is 2.42. The highest BCUT2D eigenvalue weighted by atomic mass is 19.1. The molecule has 0 saturated heterocycles. The van der Waals surface area contributed by atoms with Crippen molar-refractivity contribution in [1.29, 1.82) is 0 Å². The standard InChI is InChI=1S/C14H16FNO4/c1-8(14(18)19)20-12-6-5-10(7-11(12)15)16-13(17)9-3-2-4-9/h5-9H,2-4H2,1H3,(H,16,17)(H,18,19). The maximum absolute atomic E-state index is 13.8. The molecule has 1 fully saturated rings. The molecule has 1 aromatic rings. The molecule has 0 radical (unpaired) electrons. The van der Waals surface area contributed by atoms with Crippen LogP contribution in [0.4, 0.5) is 10.1 Å². The Kier molecular flexibility index (Phi) is 4.22. The molecule has 0 spiro atoms. The van der Waals surface area contributed by atoms with Gasteiger partial charge in [0.1, 0.15) is 0 Å². The van der Waals surface area contributed by atoms with Gasteiger partial charge in [-0.3, -0.25) is 4.79 Å². The Morgan fingerprint density at radius 2 is 2.15 bits per heavy atom. The first-order valence-corrected chi connectivity index (χ1v) is 6.47. The van der Waals surface area contributed by atoms with Gasteiger partial charge in [-0.2, -0.15) is 0 Å². The van der Waals surface area contributed by atoms with Crippen LogP contribution in [-0.2, 0) is 9.59 Å². The number of nitrogens with one attached hydrogen (secondary N) is 1. The Balaban J connectivity index is 2.01. The van der Waals surface area contributed by atoms with Crippen LogP contribution >= 0.6 is 0 Å². The second kappa shape index (κ2) is 5.90. The highest BCUT2D eigenvalue weighted by Gasteiger charge is 2.25. The molecule has 1 aromatic carbocycles. The van der Waals surface area contributed by atoms with Crippen molar-refractivity contribution < 1.29 is 23.8 Å². The number of halogens is 1. The number of rotatable bonds is 5. The van der Waals surface area contributed by atoms with Crippen molar-refractivity contribution in [3.8, 4) is 5.75 Å². The van der Waals surface area contributed by atoms with Crippen LogP contribution in [0.1, 0.15) is 26.2 Å². The second-order valence-electron chi connectivity index (χ2n) is 4.86. The SMILES string of the molecule is CC(Oc1ccc(NC(=O)C2CCC2)cc1F)C(=O)O. The molecule has 1 unspecified atom stereocenters. The minimum Gasteiger partial charge on any atom is -0.479 e. The van der Waals surface area contributed by atoms with Gasteiger partial charge in [-0.15, -0.1) is 0 Å². The summed E-state index contributed by atoms with van der Waals surface area (Å²) in [5, 5.41) is 11.3. The van der Waals surface area contributed by atoms with Crippen LogP contribution in [0.15, 0.2) is 18.2 Å². The lowest BCUT2D eigenvalue weighted by Crippen LogP contribution is -2.28. The second-order valence-corrected chi connectivity index (χ2v) is 4.86. The normalized spacial score (nSPS) is 16.1. The number of carbonyl (C=O) groups is 2. The average molecular weight is 281 g/mol. The molecular weight excluding hydrogens is 265 g/mol. The summed E-state index contributed by atoms with van der Waals surface area (Å²) in [5.41, 5.74) is 0.342. The van der Waals surface area contributed by atoms with E-state index in [-0.39, 0.29) is 17.6 Å². The number of aliphatic carboxylic acids is 1. The van der Waals surface area contributed by atoms with E-state index in [1.54, 1.807) is 0 Å². The number of ether oxygens (including phenoxy) is 1. The van der Waals surface area contributed by atoms with Gasteiger partial charge in [0.05, 0.1) is 0 Å². The summed E-state index contributed by atoms with van der Waals surface area (Å²) in [6, 6.07) is 3.93. The molecule has 6 heteroatoms. The molecule has 0 aromatic heterocycles. The highest BCUT2D eigenvalue weighted by molar-refractivity contribution is 5.93. The largest absolute Gasteiger partial charge is 0.479 e. The maximum Gasteiger partial charge on any atom is 0.344 e.